The predicted molar refractivity (Wildman–Crippen MR) is 54.9 cm³/mol. The Kier molecular flexibility index (Phi) is 3.97. The number of nitrogens with one attached hydrogen (secondary N) is 1. The summed E-state index contributed by atoms with van der Waals surface area (Å²) in [5.41, 5.74) is 0.980. The Morgan fingerprint density at radius 1 is 1.58 bits per heavy atom. The second kappa shape index (κ2) is 5.06. The van der Waals surface area contributed by atoms with E-state index in [4.69, 9.17) is 0 Å². The van der Waals surface area contributed by atoms with Gasteiger partial charge in [-0.15, -0.1) is 0 Å². The monoisotopic (exact) mass is 226 g/mol. The zero-order valence-electron chi connectivity index (χ0n) is 6.92. The van der Waals surface area contributed by atoms with Crippen molar-refractivity contribution in [3.8, 4) is 0 Å². The van der Waals surface area contributed by atoms with Gasteiger partial charge in [0.25, 0.3) is 0 Å². The number of halogens is 1. The molecular formula is C9H11BrN2. The summed E-state index contributed by atoms with van der Waals surface area (Å²) in [5.74, 6) is 0. The molecule has 0 aliphatic rings. The van der Waals surface area contributed by atoms with Crippen molar-refractivity contribution in [2.45, 2.75) is 0 Å². The Morgan fingerprint density at radius 2 is 2.42 bits per heavy atom. The quantitative estimate of drug-likeness (QED) is 0.854. The van der Waals surface area contributed by atoms with Gasteiger partial charge in [-0.25, -0.2) is 0 Å². The third kappa shape index (κ3) is 3.15. The molecule has 1 aromatic rings. The second-order valence-corrected chi connectivity index (χ2v) is 3.28. The number of rotatable bonds is 3. The number of pyridine rings is 1. The molecule has 0 aliphatic heterocycles. The van der Waals surface area contributed by atoms with E-state index in [1.807, 2.05) is 31.3 Å². The summed E-state index contributed by atoms with van der Waals surface area (Å²) in [4.78, 5) is 4.19. The van der Waals surface area contributed by atoms with Crippen LogP contribution >= 0.6 is 15.9 Å². The minimum atomic E-state index is 0.873. The van der Waals surface area contributed by atoms with Crippen LogP contribution in [0.15, 0.2) is 28.9 Å². The van der Waals surface area contributed by atoms with Crippen LogP contribution in [-0.2, 0) is 0 Å². The normalized spacial score (nSPS) is 10.8. The summed E-state index contributed by atoms with van der Waals surface area (Å²) in [6, 6.07) is 3.95. The molecule has 0 unspecified atom stereocenters. The van der Waals surface area contributed by atoms with Gasteiger partial charge in [-0.3, -0.25) is 4.98 Å². The zero-order chi connectivity index (χ0) is 8.81. The van der Waals surface area contributed by atoms with Gasteiger partial charge in [0.1, 0.15) is 0 Å². The second-order valence-electron chi connectivity index (χ2n) is 2.36. The minimum absolute atomic E-state index is 0.873. The molecule has 3 heteroatoms. The van der Waals surface area contributed by atoms with Crippen molar-refractivity contribution < 1.29 is 0 Å². The molecule has 1 heterocycles. The molecule has 0 atom stereocenters. The van der Waals surface area contributed by atoms with Gasteiger partial charge < -0.3 is 5.32 Å². The van der Waals surface area contributed by atoms with Crippen LogP contribution in [0.5, 0.6) is 0 Å². The third-order valence-corrected chi connectivity index (χ3v) is 1.83. The molecule has 1 rings (SSSR count). The summed E-state index contributed by atoms with van der Waals surface area (Å²) in [6.45, 7) is 0.873. The van der Waals surface area contributed by atoms with Crippen molar-refractivity contribution in [3.05, 3.63) is 34.6 Å². The molecule has 0 saturated heterocycles. The van der Waals surface area contributed by atoms with Gasteiger partial charge >= 0.3 is 0 Å². The van der Waals surface area contributed by atoms with E-state index in [0.717, 1.165) is 16.7 Å². The average molecular weight is 227 g/mol. The lowest BCUT2D eigenvalue weighted by Crippen LogP contribution is -2.03. The molecule has 0 fully saturated rings. The summed E-state index contributed by atoms with van der Waals surface area (Å²) < 4.78 is 1.01. The third-order valence-electron chi connectivity index (χ3n) is 1.36. The van der Waals surface area contributed by atoms with E-state index in [2.05, 4.69) is 26.2 Å². The van der Waals surface area contributed by atoms with Gasteiger partial charge in [-0.2, -0.15) is 0 Å². The van der Waals surface area contributed by atoms with Crippen LogP contribution in [0.2, 0.25) is 0 Å². The SMILES string of the molecule is CNC/C=C/c1ccc(Br)cn1. The van der Waals surface area contributed by atoms with E-state index in [-0.39, 0.29) is 0 Å². The lowest BCUT2D eigenvalue weighted by atomic mass is 10.3. The number of hydrogen-bond donors (Lipinski definition) is 1. The maximum absolute atomic E-state index is 4.19. The molecule has 0 aliphatic carbocycles. The van der Waals surface area contributed by atoms with E-state index < -0.39 is 0 Å². The Labute approximate surface area is 80.8 Å². The Morgan fingerprint density at radius 3 is 3.00 bits per heavy atom. The predicted octanol–water partition coefficient (Wildman–Crippen LogP) is 2.08. The molecule has 1 N–H and O–H groups in total. The van der Waals surface area contributed by atoms with Crippen LogP contribution in [0.25, 0.3) is 6.08 Å². The highest BCUT2D eigenvalue weighted by molar-refractivity contribution is 9.10. The fourth-order valence-electron chi connectivity index (χ4n) is 0.783. The highest BCUT2D eigenvalue weighted by Crippen LogP contribution is 2.07. The van der Waals surface area contributed by atoms with Gasteiger partial charge in [-0.1, -0.05) is 6.08 Å². The Balaban J connectivity index is 2.58. The van der Waals surface area contributed by atoms with Crippen LogP contribution in [0.1, 0.15) is 5.69 Å². The lowest BCUT2D eigenvalue weighted by Gasteiger charge is -1.92. The summed E-state index contributed by atoms with van der Waals surface area (Å²) in [6.07, 6.45) is 5.82. The van der Waals surface area contributed by atoms with Gasteiger partial charge in [0, 0.05) is 17.2 Å². The minimum Gasteiger partial charge on any atom is -0.316 e. The van der Waals surface area contributed by atoms with E-state index in [1.165, 1.54) is 0 Å². The van der Waals surface area contributed by atoms with Crippen LogP contribution in [0, 0.1) is 0 Å². The standard InChI is InChI=1S/C9H11BrN2/c1-11-6-2-3-9-5-4-8(10)7-12-9/h2-5,7,11H,6H2,1H3/b3-2+. The first kappa shape index (κ1) is 9.42. The van der Waals surface area contributed by atoms with E-state index in [9.17, 15) is 0 Å². The smallest absolute Gasteiger partial charge is 0.0627 e. The number of hydrogen-bond acceptors (Lipinski definition) is 2. The fraction of sp³-hybridized carbons (Fsp3) is 0.222. The first-order chi connectivity index (χ1) is 5.83. The molecule has 1 aromatic heterocycles. The number of nitrogens with zero attached hydrogens (tertiary/aromatic N) is 1. The van der Waals surface area contributed by atoms with E-state index in [1.54, 1.807) is 6.20 Å². The van der Waals surface area contributed by atoms with Gasteiger partial charge in [0.15, 0.2) is 0 Å². The highest BCUT2D eigenvalue weighted by atomic mass is 79.9. The summed E-state index contributed by atoms with van der Waals surface area (Å²) >= 11 is 3.33. The lowest BCUT2D eigenvalue weighted by molar-refractivity contribution is 0.922. The molecule has 64 valence electrons. The van der Waals surface area contributed by atoms with E-state index >= 15 is 0 Å². The Bertz CT molecular complexity index is 254. The topological polar surface area (TPSA) is 24.9 Å². The van der Waals surface area contributed by atoms with E-state index in [0.29, 0.717) is 0 Å². The van der Waals surface area contributed by atoms with Crippen LogP contribution in [0.4, 0.5) is 0 Å². The summed E-state index contributed by atoms with van der Waals surface area (Å²) in [7, 11) is 1.92. The largest absolute Gasteiger partial charge is 0.316 e. The average Bonchev–Trinajstić information content (AvgIpc) is 2.09. The number of aromatic nitrogens is 1. The molecule has 0 aromatic carbocycles. The van der Waals surface area contributed by atoms with Crippen LogP contribution in [0.3, 0.4) is 0 Å². The first-order valence-corrected chi connectivity index (χ1v) is 4.55. The molecule has 2 nitrogen and oxygen atoms in total. The van der Waals surface area contributed by atoms with Crippen LogP contribution < -0.4 is 5.32 Å². The molecule has 0 amide bonds. The number of likely N-dealkylation sites (N-methyl/N-ethyl adjacent to an activating group) is 1. The van der Waals surface area contributed by atoms with Crippen molar-refractivity contribution in [3.63, 3.8) is 0 Å². The van der Waals surface area contributed by atoms with Crippen molar-refractivity contribution in [2.24, 2.45) is 0 Å². The molecule has 0 saturated carbocycles. The maximum atomic E-state index is 4.19. The highest BCUT2D eigenvalue weighted by Gasteiger charge is 1.87. The molecule has 12 heavy (non-hydrogen) atoms. The maximum Gasteiger partial charge on any atom is 0.0627 e. The molecule has 0 spiro atoms. The van der Waals surface area contributed by atoms with Crippen molar-refractivity contribution >= 4 is 22.0 Å². The molecule has 0 bridgehead atoms. The van der Waals surface area contributed by atoms with Gasteiger partial charge in [0.05, 0.1) is 5.69 Å². The van der Waals surface area contributed by atoms with Crippen molar-refractivity contribution in [2.75, 3.05) is 13.6 Å². The molecular weight excluding hydrogens is 216 g/mol. The van der Waals surface area contributed by atoms with Gasteiger partial charge in [-0.05, 0) is 41.2 Å². The Hall–Kier alpha value is -0.670. The summed E-state index contributed by atoms with van der Waals surface area (Å²) in [5, 5.41) is 3.03. The fourth-order valence-corrected chi connectivity index (χ4v) is 1.02. The van der Waals surface area contributed by atoms with Crippen molar-refractivity contribution in [1.82, 2.24) is 10.3 Å². The van der Waals surface area contributed by atoms with Crippen LogP contribution in [-0.4, -0.2) is 18.6 Å². The van der Waals surface area contributed by atoms with Crippen molar-refractivity contribution in [1.29, 1.82) is 0 Å². The zero-order valence-corrected chi connectivity index (χ0v) is 8.51. The van der Waals surface area contributed by atoms with Gasteiger partial charge in [0.2, 0.25) is 0 Å². The first-order valence-electron chi connectivity index (χ1n) is 3.75. The molecule has 0 radical (unpaired) electrons.